The molecule has 1 saturated heterocycles. The summed E-state index contributed by atoms with van der Waals surface area (Å²) in [4.78, 5) is 31.3. The Morgan fingerprint density at radius 1 is 1.54 bits per heavy atom. The summed E-state index contributed by atoms with van der Waals surface area (Å²) in [5.41, 5.74) is 0.674. The Bertz CT molecular complexity index is 748. The summed E-state index contributed by atoms with van der Waals surface area (Å²) >= 11 is 2.96. The largest absolute Gasteiger partial charge is 0.340 e. The average molecular weight is 389 g/mol. The monoisotopic (exact) mass is 388 g/mol. The van der Waals surface area contributed by atoms with E-state index in [4.69, 9.17) is 0 Å². The van der Waals surface area contributed by atoms with Crippen molar-refractivity contribution in [3.8, 4) is 0 Å². The maximum atomic E-state index is 12.3. The SMILES string of the molecule is CNC1CCCN(C(=O)CSCc2cc(=O)n3ccsc3n2)C1.Cl. The molecule has 1 amide bonds. The normalized spacial score (nSPS) is 17.7. The Labute approximate surface area is 155 Å². The molecule has 1 unspecified atom stereocenters. The molecule has 2 aromatic rings. The van der Waals surface area contributed by atoms with Gasteiger partial charge in [0.2, 0.25) is 5.91 Å². The molecule has 1 aliphatic heterocycles. The fourth-order valence-electron chi connectivity index (χ4n) is 2.74. The zero-order chi connectivity index (χ0) is 16.2. The predicted molar refractivity (Wildman–Crippen MR) is 101 cm³/mol. The van der Waals surface area contributed by atoms with E-state index in [0.29, 0.717) is 22.5 Å². The van der Waals surface area contributed by atoms with Crippen LogP contribution in [0.5, 0.6) is 0 Å². The average Bonchev–Trinajstić information content (AvgIpc) is 3.04. The van der Waals surface area contributed by atoms with Crippen molar-refractivity contribution in [2.45, 2.75) is 24.6 Å². The third-order valence-corrected chi connectivity index (χ3v) is 5.72. The van der Waals surface area contributed by atoms with Gasteiger partial charge in [0, 0.05) is 42.5 Å². The number of halogens is 1. The van der Waals surface area contributed by atoms with Crippen LogP contribution in [0, 0.1) is 0 Å². The lowest BCUT2D eigenvalue weighted by atomic mass is 10.1. The van der Waals surface area contributed by atoms with E-state index in [1.54, 1.807) is 12.3 Å². The van der Waals surface area contributed by atoms with E-state index in [1.165, 1.54) is 27.5 Å². The first-order valence-corrected chi connectivity index (χ1v) is 9.69. The number of hydrogen-bond donors (Lipinski definition) is 1. The molecule has 1 N–H and O–H groups in total. The minimum absolute atomic E-state index is 0. The second kappa shape index (κ2) is 8.84. The first kappa shape index (κ1) is 19.2. The maximum absolute atomic E-state index is 12.3. The van der Waals surface area contributed by atoms with Gasteiger partial charge in [0.15, 0.2) is 4.96 Å². The summed E-state index contributed by atoms with van der Waals surface area (Å²) < 4.78 is 1.54. The molecule has 0 radical (unpaired) electrons. The van der Waals surface area contributed by atoms with Crippen LogP contribution in [0.3, 0.4) is 0 Å². The molecule has 0 saturated carbocycles. The quantitative estimate of drug-likeness (QED) is 0.843. The zero-order valence-corrected chi connectivity index (χ0v) is 15.9. The lowest BCUT2D eigenvalue weighted by Crippen LogP contribution is -2.47. The molecule has 9 heteroatoms. The number of nitrogens with zero attached hydrogens (tertiary/aromatic N) is 3. The number of likely N-dealkylation sites (tertiary alicyclic amines) is 1. The Hall–Kier alpha value is -1.09. The number of hydrogen-bond acceptors (Lipinski definition) is 6. The summed E-state index contributed by atoms with van der Waals surface area (Å²) in [6, 6.07) is 1.95. The minimum Gasteiger partial charge on any atom is -0.340 e. The highest BCUT2D eigenvalue weighted by Gasteiger charge is 2.22. The number of likely N-dealkylation sites (N-methyl/N-ethyl adjacent to an activating group) is 1. The molecule has 6 nitrogen and oxygen atoms in total. The van der Waals surface area contributed by atoms with Gasteiger partial charge in [0.1, 0.15) is 0 Å². The molecule has 24 heavy (non-hydrogen) atoms. The molecule has 3 rings (SSSR count). The number of piperidine rings is 1. The van der Waals surface area contributed by atoms with Crippen LogP contribution >= 0.6 is 35.5 Å². The summed E-state index contributed by atoms with van der Waals surface area (Å²) in [5, 5.41) is 5.09. The van der Waals surface area contributed by atoms with Crippen molar-refractivity contribution in [1.29, 1.82) is 0 Å². The van der Waals surface area contributed by atoms with Gasteiger partial charge in [-0.25, -0.2) is 4.98 Å². The Morgan fingerprint density at radius 3 is 3.17 bits per heavy atom. The molecule has 1 aliphatic rings. The fraction of sp³-hybridized carbons (Fsp3) is 0.533. The maximum Gasteiger partial charge on any atom is 0.258 e. The molecule has 0 aromatic carbocycles. The number of fused-ring (bicyclic) bond motifs is 1. The molecule has 132 valence electrons. The standard InChI is InChI=1S/C15H20N4O2S2.ClH/c1-16-11-3-2-4-18(8-11)14(21)10-22-9-12-7-13(20)19-5-6-23-15(19)17-12;/h5-7,11,16H,2-4,8-10H2,1H3;1H. The first-order chi connectivity index (χ1) is 11.2. The topological polar surface area (TPSA) is 66.7 Å². The number of carbonyl (C=O) groups is 1. The zero-order valence-electron chi connectivity index (χ0n) is 13.4. The Morgan fingerprint density at radius 2 is 2.38 bits per heavy atom. The second-order valence-electron chi connectivity index (χ2n) is 5.60. The van der Waals surface area contributed by atoms with E-state index >= 15 is 0 Å². The first-order valence-electron chi connectivity index (χ1n) is 7.66. The van der Waals surface area contributed by atoms with Crippen LogP contribution in [0.1, 0.15) is 18.5 Å². The van der Waals surface area contributed by atoms with Crippen LogP contribution in [0.25, 0.3) is 4.96 Å². The van der Waals surface area contributed by atoms with Crippen LogP contribution in [0.15, 0.2) is 22.4 Å². The van der Waals surface area contributed by atoms with Crippen LogP contribution in [-0.2, 0) is 10.5 Å². The highest BCUT2D eigenvalue weighted by molar-refractivity contribution is 7.99. The Kier molecular flexibility index (Phi) is 7.09. The van der Waals surface area contributed by atoms with Gasteiger partial charge in [-0.1, -0.05) is 0 Å². The number of amides is 1. The molecule has 0 aliphatic carbocycles. The smallest absolute Gasteiger partial charge is 0.258 e. The predicted octanol–water partition coefficient (Wildman–Crippen LogP) is 1.62. The molecule has 0 bridgehead atoms. The van der Waals surface area contributed by atoms with Gasteiger partial charge in [0.25, 0.3) is 5.56 Å². The number of carbonyl (C=O) groups excluding carboxylic acids is 1. The van der Waals surface area contributed by atoms with Crippen molar-refractivity contribution in [3.63, 3.8) is 0 Å². The fourth-order valence-corrected chi connectivity index (χ4v) is 4.29. The van der Waals surface area contributed by atoms with Crippen molar-refractivity contribution in [1.82, 2.24) is 19.6 Å². The van der Waals surface area contributed by atoms with Crippen LogP contribution in [-0.4, -0.2) is 52.1 Å². The molecule has 1 fully saturated rings. The van der Waals surface area contributed by atoms with Gasteiger partial charge < -0.3 is 10.2 Å². The van der Waals surface area contributed by atoms with E-state index in [1.807, 2.05) is 17.3 Å². The summed E-state index contributed by atoms with van der Waals surface area (Å²) in [6.45, 7) is 1.63. The lowest BCUT2D eigenvalue weighted by molar-refractivity contribution is -0.129. The van der Waals surface area contributed by atoms with E-state index in [9.17, 15) is 9.59 Å². The highest BCUT2D eigenvalue weighted by Crippen LogP contribution is 2.15. The molecule has 2 aromatic heterocycles. The number of thioether (sulfide) groups is 1. The van der Waals surface area contributed by atoms with Gasteiger partial charge in [-0.3, -0.25) is 14.0 Å². The van der Waals surface area contributed by atoms with E-state index < -0.39 is 0 Å². The summed E-state index contributed by atoms with van der Waals surface area (Å²) in [7, 11) is 1.94. The number of aromatic nitrogens is 2. The van der Waals surface area contributed by atoms with Crippen molar-refractivity contribution in [2.75, 3.05) is 25.9 Å². The van der Waals surface area contributed by atoms with Gasteiger partial charge in [-0.15, -0.1) is 35.5 Å². The van der Waals surface area contributed by atoms with Gasteiger partial charge in [0.05, 0.1) is 11.4 Å². The van der Waals surface area contributed by atoms with Crippen molar-refractivity contribution >= 4 is 46.4 Å². The van der Waals surface area contributed by atoms with Crippen LogP contribution in [0.4, 0.5) is 0 Å². The van der Waals surface area contributed by atoms with Crippen LogP contribution < -0.4 is 10.9 Å². The van der Waals surface area contributed by atoms with E-state index in [0.717, 1.165) is 31.6 Å². The van der Waals surface area contributed by atoms with Gasteiger partial charge in [-0.05, 0) is 19.9 Å². The number of rotatable bonds is 5. The number of nitrogens with one attached hydrogen (secondary N) is 1. The van der Waals surface area contributed by atoms with E-state index in [2.05, 4.69) is 10.3 Å². The van der Waals surface area contributed by atoms with Crippen molar-refractivity contribution < 1.29 is 4.79 Å². The molecule has 1 atom stereocenters. The number of thiazole rings is 1. The molecular weight excluding hydrogens is 368 g/mol. The third-order valence-electron chi connectivity index (χ3n) is 4.01. The minimum atomic E-state index is -0.0638. The summed E-state index contributed by atoms with van der Waals surface area (Å²) in [6.07, 6.45) is 3.90. The molecule has 0 spiro atoms. The molecule has 3 heterocycles. The lowest BCUT2D eigenvalue weighted by Gasteiger charge is -2.32. The van der Waals surface area contributed by atoms with Crippen molar-refractivity contribution in [3.05, 3.63) is 33.7 Å². The molecular formula is C15H21ClN4O2S2. The van der Waals surface area contributed by atoms with E-state index in [-0.39, 0.29) is 23.9 Å². The van der Waals surface area contributed by atoms with Gasteiger partial charge in [-0.2, -0.15) is 0 Å². The van der Waals surface area contributed by atoms with Crippen LogP contribution in [0.2, 0.25) is 0 Å². The second-order valence-corrected chi connectivity index (χ2v) is 7.46. The summed E-state index contributed by atoms with van der Waals surface area (Å²) in [5.74, 6) is 1.18. The highest BCUT2D eigenvalue weighted by atomic mass is 35.5. The van der Waals surface area contributed by atoms with Crippen molar-refractivity contribution in [2.24, 2.45) is 0 Å². The van der Waals surface area contributed by atoms with Gasteiger partial charge >= 0.3 is 0 Å². The Balaban J connectivity index is 0.00000208. The third kappa shape index (κ3) is 4.50.